The number of aliphatic hydroxyl groups is 1. The van der Waals surface area contributed by atoms with Gasteiger partial charge in [-0.2, -0.15) is 0 Å². The van der Waals surface area contributed by atoms with Gasteiger partial charge in [0.2, 0.25) is 0 Å². The summed E-state index contributed by atoms with van der Waals surface area (Å²) in [6, 6.07) is 3.00. The second-order valence-electron chi connectivity index (χ2n) is 3.63. The van der Waals surface area contributed by atoms with Gasteiger partial charge in [0.1, 0.15) is 5.82 Å². The molecule has 1 aromatic heterocycles. The summed E-state index contributed by atoms with van der Waals surface area (Å²) in [5, 5.41) is 22.9. The minimum atomic E-state index is -0.446. The van der Waals surface area contributed by atoms with Gasteiger partial charge in [-0.15, -0.1) is 0 Å². The molecule has 0 aromatic carbocycles. The average Bonchev–Trinajstić information content (AvgIpc) is 2.35. The van der Waals surface area contributed by atoms with Gasteiger partial charge in [-0.05, 0) is 12.0 Å². The first-order valence-corrected chi connectivity index (χ1v) is 6.14. The summed E-state index contributed by atoms with van der Waals surface area (Å²) in [6.07, 6.45) is 0. The standard InChI is InChI=1S/C10H15N3O3S/c1-7(5-14)6-17-10-8(13(15)16)3-4-9(11-2)12-10/h3-4,7,14H,5-6H2,1-2H3,(H,11,12). The van der Waals surface area contributed by atoms with Gasteiger partial charge in [-0.25, -0.2) is 4.98 Å². The number of anilines is 1. The minimum Gasteiger partial charge on any atom is -0.396 e. The molecule has 0 bridgehead atoms. The molecule has 1 heterocycles. The molecule has 0 saturated carbocycles. The van der Waals surface area contributed by atoms with Crippen LogP contribution in [0.2, 0.25) is 0 Å². The van der Waals surface area contributed by atoms with E-state index < -0.39 is 4.92 Å². The maximum absolute atomic E-state index is 10.8. The monoisotopic (exact) mass is 257 g/mol. The van der Waals surface area contributed by atoms with E-state index in [0.29, 0.717) is 16.6 Å². The molecule has 0 aliphatic heterocycles. The molecule has 0 fully saturated rings. The lowest BCUT2D eigenvalue weighted by Crippen LogP contribution is -2.05. The number of hydrogen-bond acceptors (Lipinski definition) is 6. The average molecular weight is 257 g/mol. The number of thioether (sulfide) groups is 1. The Morgan fingerprint density at radius 1 is 1.65 bits per heavy atom. The molecule has 0 saturated heterocycles. The number of aliphatic hydroxyl groups excluding tert-OH is 1. The Kier molecular flexibility index (Phi) is 5.17. The van der Waals surface area contributed by atoms with E-state index in [1.54, 1.807) is 13.1 Å². The molecule has 1 unspecified atom stereocenters. The van der Waals surface area contributed by atoms with Crippen LogP contribution in [0.3, 0.4) is 0 Å². The van der Waals surface area contributed by atoms with Crippen LogP contribution >= 0.6 is 11.8 Å². The van der Waals surface area contributed by atoms with Gasteiger partial charge in [0.15, 0.2) is 5.03 Å². The Morgan fingerprint density at radius 3 is 2.88 bits per heavy atom. The van der Waals surface area contributed by atoms with Gasteiger partial charge < -0.3 is 10.4 Å². The number of hydrogen-bond donors (Lipinski definition) is 2. The summed E-state index contributed by atoms with van der Waals surface area (Å²) in [5.41, 5.74) is -0.000796. The topological polar surface area (TPSA) is 88.3 Å². The third kappa shape index (κ3) is 3.86. The molecule has 7 heteroatoms. The molecule has 1 rings (SSSR count). The van der Waals surface area contributed by atoms with Gasteiger partial charge in [-0.1, -0.05) is 18.7 Å². The molecule has 0 aliphatic rings. The third-order valence-corrected chi connectivity index (χ3v) is 3.42. The largest absolute Gasteiger partial charge is 0.396 e. The number of pyridine rings is 1. The van der Waals surface area contributed by atoms with E-state index in [-0.39, 0.29) is 18.2 Å². The zero-order chi connectivity index (χ0) is 12.8. The van der Waals surface area contributed by atoms with E-state index in [1.807, 2.05) is 6.92 Å². The number of nitrogens with zero attached hydrogens (tertiary/aromatic N) is 2. The Bertz CT molecular complexity index is 400. The Hall–Kier alpha value is -1.34. The van der Waals surface area contributed by atoms with E-state index in [0.717, 1.165) is 0 Å². The Labute approximate surface area is 104 Å². The number of nitrogens with one attached hydrogen (secondary N) is 1. The summed E-state index contributed by atoms with van der Waals surface area (Å²) in [4.78, 5) is 14.5. The van der Waals surface area contributed by atoms with Crippen molar-refractivity contribution in [2.45, 2.75) is 11.9 Å². The molecule has 0 aliphatic carbocycles. The summed E-state index contributed by atoms with van der Waals surface area (Å²) < 4.78 is 0. The first-order chi connectivity index (χ1) is 8.08. The normalized spacial score (nSPS) is 12.2. The fourth-order valence-corrected chi connectivity index (χ4v) is 2.09. The van der Waals surface area contributed by atoms with Crippen molar-refractivity contribution in [3.05, 3.63) is 22.2 Å². The van der Waals surface area contributed by atoms with Crippen LogP contribution in [-0.2, 0) is 0 Å². The van der Waals surface area contributed by atoms with Gasteiger partial charge in [0.25, 0.3) is 0 Å². The van der Waals surface area contributed by atoms with Crippen molar-refractivity contribution < 1.29 is 10.0 Å². The first kappa shape index (κ1) is 13.7. The fraction of sp³-hybridized carbons (Fsp3) is 0.500. The molecular weight excluding hydrogens is 242 g/mol. The zero-order valence-electron chi connectivity index (χ0n) is 9.71. The van der Waals surface area contributed by atoms with Crippen LogP contribution in [0, 0.1) is 16.0 Å². The highest BCUT2D eigenvalue weighted by Crippen LogP contribution is 2.29. The molecule has 0 amide bonds. The molecule has 0 radical (unpaired) electrons. The lowest BCUT2D eigenvalue weighted by Gasteiger charge is -2.08. The smallest absolute Gasteiger partial charge is 0.301 e. The van der Waals surface area contributed by atoms with Gasteiger partial charge in [0.05, 0.1) is 4.92 Å². The van der Waals surface area contributed by atoms with E-state index in [4.69, 9.17) is 5.11 Å². The van der Waals surface area contributed by atoms with Crippen molar-refractivity contribution in [3.8, 4) is 0 Å². The van der Waals surface area contributed by atoms with Crippen molar-refractivity contribution in [2.75, 3.05) is 24.7 Å². The van der Waals surface area contributed by atoms with Crippen LogP contribution in [0.25, 0.3) is 0 Å². The number of aromatic nitrogens is 1. The van der Waals surface area contributed by atoms with Crippen LogP contribution in [0.1, 0.15) is 6.92 Å². The quantitative estimate of drug-likeness (QED) is 0.458. The van der Waals surface area contributed by atoms with E-state index in [2.05, 4.69) is 10.3 Å². The highest BCUT2D eigenvalue weighted by Gasteiger charge is 2.17. The summed E-state index contributed by atoms with van der Waals surface area (Å²) in [7, 11) is 1.71. The maximum Gasteiger partial charge on any atom is 0.301 e. The van der Waals surface area contributed by atoms with Crippen molar-refractivity contribution in [1.29, 1.82) is 0 Å². The molecule has 0 spiro atoms. The summed E-state index contributed by atoms with van der Waals surface area (Å²) in [5.74, 6) is 1.27. The predicted molar refractivity (Wildman–Crippen MR) is 67.4 cm³/mol. The number of rotatable bonds is 6. The van der Waals surface area contributed by atoms with Crippen molar-refractivity contribution in [1.82, 2.24) is 4.98 Å². The zero-order valence-corrected chi connectivity index (χ0v) is 10.5. The molecule has 1 atom stereocenters. The van der Waals surface area contributed by atoms with E-state index in [1.165, 1.54) is 17.8 Å². The molecule has 6 nitrogen and oxygen atoms in total. The Balaban J connectivity index is 2.89. The van der Waals surface area contributed by atoms with Crippen LogP contribution in [0.4, 0.5) is 11.5 Å². The van der Waals surface area contributed by atoms with Gasteiger partial charge in [-0.3, -0.25) is 10.1 Å². The highest BCUT2D eigenvalue weighted by molar-refractivity contribution is 7.99. The molecule has 94 valence electrons. The van der Waals surface area contributed by atoms with Crippen LogP contribution in [-0.4, -0.2) is 34.4 Å². The maximum atomic E-state index is 10.8. The second kappa shape index (κ2) is 6.41. The molecule has 1 aromatic rings. The lowest BCUT2D eigenvalue weighted by atomic mass is 10.2. The molecule has 17 heavy (non-hydrogen) atoms. The van der Waals surface area contributed by atoms with Crippen molar-refractivity contribution in [3.63, 3.8) is 0 Å². The van der Waals surface area contributed by atoms with Gasteiger partial charge >= 0.3 is 5.69 Å². The van der Waals surface area contributed by atoms with Crippen molar-refractivity contribution in [2.24, 2.45) is 5.92 Å². The van der Waals surface area contributed by atoms with E-state index >= 15 is 0 Å². The lowest BCUT2D eigenvalue weighted by molar-refractivity contribution is -0.388. The first-order valence-electron chi connectivity index (χ1n) is 5.15. The van der Waals surface area contributed by atoms with Gasteiger partial charge in [0, 0.05) is 25.5 Å². The Morgan fingerprint density at radius 2 is 2.35 bits per heavy atom. The van der Waals surface area contributed by atoms with Crippen molar-refractivity contribution >= 4 is 23.3 Å². The molecular formula is C10H15N3O3S. The second-order valence-corrected chi connectivity index (χ2v) is 4.64. The van der Waals surface area contributed by atoms with Crippen LogP contribution < -0.4 is 5.32 Å². The third-order valence-electron chi connectivity index (χ3n) is 2.11. The summed E-state index contributed by atoms with van der Waals surface area (Å²) in [6.45, 7) is 1.94. The van der Waals surface area contributed by atoms with Crippen LogP contribution in [0.15, 0.2) is 17.2 Å². The fourth-order valence-electron chi connectivity index (χ4n) is 1.09. The predicted octanol–water partition coefficient (Wildman–Crippen LogP) is 1.75. The van der Waals surface area contributed by atoms with Crippen LogP contribution in [0.5, 0.6) is 0 Å². The highest BCUT2D eigenvalue weighted by atomic mass is 32.2. The summed E-state index contributed by atoms with van der Waals surface area (Å²) >= 11 is 1.28. The SMILES string of the molecule is CNc1ccc([N+](=O)[O-])c(SCC(C)CO)n1. The molecule has 2 N–H and O–H groups in total. The number of nitro groups is 1. The van der Waals surface area contributed by atoms with E-state index in [9.17, 15) is 10.1 Å². The minimum absolute atomic E-state index is 0.000796.